The molecule has 0 aliphatic rings. The lowest BCUT2D eigenvalue weighted by molar-refractivity contribution is -0.147. The molecule has 1 N–H and O–H groups in total. The van der Waals surface area contributed by atoms with Gasteiger partial charge in [-0.05, 0) is 37.6 Å². The van der Waals surface area contributed by atoms with Gasteiger partial charge in [0, 0.05) is 5.69 Å². The van der Waals surface area contributed by atoms with E-state index in [1.807, 2.05) is 26.0 Å². The molecule has 0 aliphatic heterocycles. The molecule has 0 spiro atoms. The number of amides is 1. The number of carbonyl (C=O) groups excluding carboxylic acids is 1. The summed E-state index contributed by atoms with van der Waals surface area (Å²) in [5.74, 6) is -1.62. The lowest BCUT2D eigenvalue weighted by atomic mass is 10.1. The maximum absolute atomic E-state index is 13.3. The summed E-state index contributed by atoms with van der Waals surface area (Å²) in [6, 6.07) is 11.7. The minimum Gasteiger partial charge on any atom is -0.324 e. The zero-order valence-electron chi connectivity index (χ0n) is 13.7. The van der Waals surface area contributed by atoms with Gasteiger partial charge in [0.05, 0.1) is 11.0 Å². The van der Waals surface area contributed by atoms with E-state index in [9.17, 15) is 18.0 Å². The van der Waals surface area contributed by atoms with Gasteiger partial charge in [-0.15, -0.1) is 0 Å². The average Bonchev–Trinajstić information content (AvgIpc) is 2.89. The van der Waals surface area contributed by atoms with Gasteiger partial charge in [-0.25, -0.2) is 4.98 Å². The second-order valence-electron chi connectivity index (χ2n) is 5.87. The molecule has 0 saturated carbocycles. The fourth-order valence-electron chi connectivity index (χ4n) is 2.74. The topological polar surface area (TPSA) is 46.9 Å². The van der Waals surface area contributed by atoms with Gasteiger partial charge in [-0.1, -0.05) is 29.8 Å². The SMILES string of the molecule is Cc1ccc(NC(=O)Cn2c(C(F)(F)F)nc3ccccc32)c(C)c1. The smallest absolute Gasteiger partial charge is 0.324 e. The van der Waals surface area contributed by atoms with Crippen LogP contribution >= 0.6 is 0 Å². The molecule has 0 bridgehead atoms. The number of anilines is 1. The van der Waals surface area contributed by atoms with Crippen molar-refractivity contribution in [3.05, 3.63) is 59.4 Å². The van der Waals surface area contributed by atoms with Gasteiger partial charge in [-0.3, -0.25) is 4.79 Å². The molecule has 1 heterocycles. The maximum atomic E-state index is 13.3. The van der Waals surface area contributed by atoms with Crippen molar-refractivity contribution in [1.29, 1.82) is 0 Å². The third kappa shape index (κ3) is 3.50. The first-order valence-electron chi connectivity index (χ1n) is 7.65. The molecule has 0 aliphatic carbocycles. The number of rotatable bonds is 3. The van der Waals surface area contributed by atoms with Gasteiger partial charge in [0.15, 0.2) is 0 Å². The molecule has 1 amide bonds. The summed E-state index contributed by atoms with van der Waals surface area (Å²) in [6.07, 6.45) is -4.64. The van der Waals surface area contributed by atoms with E-state index in [0.717, 1.165) is 15.7 Å². The van der Waals surface area contributed by atoms with Crippen LogP contribution in [0.1, 0.15) is 17.0 Å². The van der Waals surface area contributed by atoms with Gasteiger partial charge >= 0.3 is 6.18 Å². The number of halogens is 3. The first kappa shape index (κ1) is 17.0. The Hall–Kier alpha value is -2.83. The molecule has 0 radical (unpaired) electrons. The Morgan fingerprint density at radius 1 is 1.16 bits per heavy atom. The van der Waals surface area contributed by atoms with Crippen LogP contribution in [0.4, 0.5) is 18.9 Å². The van der Waals surface area contributed by atoms with E-state index in [1.165, 1.54) is 12.1 Å². The average molecular weight is 347 g/mol. The third-order valence-corrected chi connectivity index (χ3v) is 3.87. The number of benzene rings is 2. The van der Waals surface area contributed by atoms with Crippen LogP contribution in [-0.4, -0.2) is 15.5 Å². The largest absolute Gasteiger partial charge is 0.449 e. The normalized spacial score (nSPS) is 11.7. The van der Waals surface area contributed by atoms with Crippen molar-refractivity contribution in [3.63, 3.8) is 0 Å². The second kappa shape index (κ2) is 6.23. The van der Waals surface area contributed by atoms with Crippen LogP contribution in [0.3, 0.4) is 0 Å². The number of aromatic nitrogens is 2. The number of hydrogen-bond acceptors (Lipinski definition) is 2. The van der Waals surface area contributed by atoms with E-state index >= 15 is 0 Å². The van der Waals surface area contributed by atoms with Crippen LogP contribution in [-0.2, 0) is 17.5 Å². The van der Waals surface area contributed by atoms with Crippen molar-refractivity contribution in [2.75, 3.05) is 5.32 Å². The number of carbonyl (C=O) groups is 1. The Morgan fingerprint density at radius 3 is 2.56 bits per heavy atom. The van der Waals surface area contributed by atoms with Crippen molar-refractivity contribution in [2.45, 2.75) is 26.6 Å². The zero-order valence-corrected chi connectivity index (χ0v) is 13.7. The number of aryl methyl sites for hydroxylation is 2. The summed E-state index contributed by atoms with van der Waals surface area (Å²) < 4.78 is 40.7. The lowest BCUT2D eigenvalue weighted by Gasteiger charge is -2.13. The third-order valence-electron chi connectivity index (χ3n) is 3.87. The Bertz CT molecular complexity index is 944. The number of nitrogens with zero attached hydrogens (tertiary/aromatic N) is 2. The summed E-state index contributed by atoms with van der Waals surface area (Å²) in [4.78, 5) is 15.9. The van der Waals surface area contributed by atoms with Gasteiger partial charge in [-0.2, -0.15) is 13.2 Å². The zero-order chi connectivity index (χ0) is 18.2. The minimum absolute atomic E-state index is 0.203. The van der Waals surface area contributed by atoms with E-state index in [-0.39, 0.29) is 11.0 Å². The van der Waals surface area contributed by atoms with E-state index in [4.69, 9.17) is 0 Å². The highest BCUT2D eigenvalue weighted by Gasteiger charge is 2.38. The lowest BCUT2D eigenvalue weighted by Crippen LogP contribution is -2.23. The second-order valence-corrected chi connectivity index (χ2v) is 5.87. The molecule has 130 valence electrons. The van der Waals surface area contributed by atoms with Crippen molar-refractivity contribution < 1.29 is 18.0 Å². The molecule has 0 unspecified atom stereocenters. The summed E-state index contributed by atoms with van der Waals surface area (Å²) in [5.41, 5.74) is 2.93. The fourth-order valence-corrected chi connectivity index (χ4v) is 2.74. The van der Waals surface area contributed by atoms with E-state index in [1.54, 1.807) is 18.2 Å². The molecule has 3 aromatic rings. The Labute approximate surface area is 142 Å². The van der Waals surface area contributed by atoms with Crippen molar-refractivity contribution in [1.82, 2.24) is 9.55 Å². The summed E-state index contributed by atoms with van der Waals surface area (Å²) in [7, 11) is 0. The van der Waals surface area contributed by atoms with Gasteiger partial charge in [0.2, 0.25) is 11.7 Å². The highest BCUT2D eigenvalue weighted by molar-refractivity contribution is 5.92. The highest BCUT2D eigenvalue weighted by Crippen LogP contribution is 2.31. The Morgan fingerprint density at radius 2 is 1.88 bits per heavy atom. The van der Waals surface area contributed by atoms with Gasteiger partial charge in [0.25, 0.3) is 0 Å². The fraction of sp³-hybridized carbons (Fsp3) is 0.222. The van der Waals surface area contributed by atoms with Crippen molar-refractivity contribution in [3.8, 4) is 0 Å². The molecule has 25 heavy (non-hydrogen) atoms. The first-order valence-corrected chi connectivity index (χ1v) is 7.65. The van der Waals surface area contributed by atoms with Crippen LogP contribution in [0.15, 0.2) is 42.5 Å². The maximum Gasteiger partial charge on any atom is 0.449 e. The molecular weight excluding hydrogens is 331 g/mol. The van der Waals surface area contributed by atoms with Crippen LogP contribution in [0, 0.1) is 13.8 Å². The molecule has 4 nitrogen and oxygen atoms in total. The molecule has 0 saturated heterocycles. The standard InChI is InChI=1S/C18H16F3N3O/c1-11-7-8-13(12(2)9-11)22-16(25)10-24-15-6-4-3-5-14(15)23-17(24)18(19,20)21/h3-9H,10H2,1-2H3,(H,22,25). The summed E-state index contributed by atoms with van der Waals surface area (Å²) in [6.45, 7) is 3.28. The summed E-state index contributed by atoms with van der Waals surface area (Å²) in [5, 5.41) is 2.66. The Kier molecular flexibility index (Phi) is 4.24. The molecule has 0 atom stereocenters. The number of nitrogens with one attached hydrogen (secondary N) is 1. The van der Waals surface area contributed by atoms with E-state index in [2.05, 4.69) is 10.3 Å². The van der Waals surface area contributed by atoms with Crippen molar-refractivity contribution in [2.24, 2.45) is 0 Å². The number of alkyl halides is 3. The molecule has 0 fully saturated rings. The summed E-state index contributed by atoms with van der Waals surface area (Å²) >= 11 is 0. The van der Waals surface area contributed by atoms with Gasteiger partial charge < -0.3 is 9.88 Å². The van der Waals surface area contributed by atoms with Crippen LogP contribution in [0.5, 0.6) is 0 Å². The monoisotopic (exact) mass is 347 g/mol. The number of fused-ring (bicyclic) bond motifs is 1. The van der Waals surface area contributed by atoms with Crippen LogP contribution in [0.2, 0.25) is 0 Å². The molecule has 2 aromatic carbocycles. The van der Waals surface area contributed by atoms with E-state index < -0.39 is 24.5 Å². The molecule has 3 rings (SSSR count). The number of hydrogen-bond donors (Lipinski definition) is 1. The minimum atomic E-state index is -4.64. The molecular formula is C18H16F3N3O. The molecule has 7 heteroatoms. The molecule has 1 aromatic heterocycles. The van der Waals surface area contributed by atoms with Gasteiger partial charge in [0.1, 0.15) is 6.54 Å². The van der Waals surface area contributed by atoms with Crippen molar-refractivity contribution >= 4 is 22.6 Å². The van der Waals surface area contributed by atoms with Crippen LogP contribution in [0.25, 0.3) is 11.0 Å². The first-order chi connectivity index (χ1) is 11.8. The highest BCUT2D eigenvalue weighted by atomic mass is 19.4. The van der Waals surface area contributed by atoms with Crippen LogP contribution < -0.4 is 5.32 Å². The predicted molar refractivity (Wildman–Crippen MR) is 89.3 cm³/mol. The Balaban J connectivity index is 1.93. The number of para-hydroxylation sites is 2. The predicted octanol–water partition coefficient (Wildman–Crippen LogP) is 4.31. The number of imidazole rings is 1. The quantitative estimate of drug-likeness (QED) is 0.767. The van der Waals surface area contributed by atoms with E-state index in [0.29, 0.717) is 5.69 Å².